The normalized spacial score (nSPS) is 23.2. The maximum atomic E-state index is 13.9. The second kappa shape index (κ2) is 10.6. The van der Waals surface area contributed by atoms with E-state index in [1.165, 1.54) is 6.07 Å². The molecule has 4 atom stereocenters. The van der Waals surface area contributed by atoms with E-state index in [1.54, 1.807) is 25.3 Å². The van der Waals surface area contributed by atoms with E-state index in [4.69, 9.17) is 15.5 Å². The topological polar surface area (TPSA) is 128 Å². The summed E-state index contributed by atoms with van der Waals surface area (Å²) in [6.07, 6.45) is 4.81. The molecule has 11 nitrogen and oxygen atoms in total. The maximum absolute atomic E-state index is 13.9. The lowest BCUT2D eigenvalue weighted by molar-refractivity contribution is 0.0634. The molecule has 4 unspecified atom stereocenters. The van der Waals surface area contributed by atoms with Crippen LogP contribution in [0.5, 0.6) is 5.88 Å². The first kappa shape index (κ1) is 29.9. The SMILES string of the molecule is CCC1CC2CN(C(=O)c3cc(OC)n4c(C)c(-c5cc6ccc(N(C(F)F)S(C)(=O)=O)nc6n5CC5CC5)nc4c3)C1C2N. The van der Waals surface area contributed by atoms with Crippen LogP contribution < -0.4 is 14.8 Å². The van der Waals surface area contributed by atoms with Crippen molar-refractivity contribution >= 4 is 38.4 Å². The minimum absolute atomic E-state index is 0.0162. The zero-order valence-electron chi connectivity index (χ0n) is 25.7. The van der Waals surface area contributed by atoms with E-state index in [0.717, 1.165) is 37.6 Å². The van der Waals surface area contributed by atoms with Crippen LogP contribution in [-0.4, -0.2) is 76.7 Å². The van der Waals surface area contributed by atoms with Crippen molar-refractivity contribution in [2.75, 3.05) is 24.2 Å². The number of carbonyl (C=O) groups excluding carboxylic acids is 1. The number of imidazole rings is 1. The monoisotopic (exact) mass is 641 g/mol. The number of ether oxygens (including phenoxy) is 1. The minimum atomic E-state index is -4.27. The molecule has 0 aromatic carbocycles. The van der Waals surface area contributed by atoms with Gasteiger partial charge >= 0.3 is 6.55 Å². The molecular formula is C31H37F2N7O4S. The average Bonchev–Trinajstić information content (AvgIpc) is 3.43. The van der Waals surface area contributed by atoms with Crippen molar-refractivity contribution in [1.29, 1.82) is 0 Å². The maximum Gasteiger partial charge on any atom is 0.329 e. The Hall–Kier alpha value is -3.78. The predicted molar refractivity (Wildman–Crippen MR) is 166 cm³/mol. The molecule has 240 valence electrons. The first-order chi connectivity index (χ1) is 21.4. The highest BCUT2D eigenvalue weighted by atomic mass is 32.2. The molecule has 1 saturated heterocycles. The van der Waals surface area contributed by atoms with Crippen LogP contribution in [0, 0.1) is 24.7 Å². The number of aromatic nitrogens is 4. The Labute approximate surface area is 260 Å². The van der Waals surface area contributed by atoms with Crippen LogP contribution in [0.4, 0.5) is 14.6 Å². The third-order valence-corrected chi connectivity index (χ3v) is 10.9. The number of hydrogen-bond acceptors (Lipinski definition) is 7. The molecule has 4 aromatic heterocycles. The van der Waals surface area contributed by atoms with E-state index in [2.05, 4.69) is 11.9 Å². The molecule has 2 saturated carbocycles. The van der Waals surface area contributed by atoms with Crippen LogP contribution in [0.3, 0.4) is 0 Å². The van der Waals surface area contributed by atoms with E-state index in [-0.39, 0.29) is 28.1 Å². The average molecular weight is 642 g/mol. The summed E-state index contributed by atoms with van der Waals surface area (Å²) < 4.78 is 61.7. The van der Waals surface area contributed by atoms with Gasteiger partial charge in [0.1, 0.15) is 22.8 Å². The fourth-order valence-corrected chi connectivity index (χ4v) is 8.22. The van der Waals surface area contributed by atoms with Gasteiger partial charge in [-0.1, -0.05) is 13.3 Å². The van der Waals surface area contributed by atoms with Crippen LogP contribution in [-0.2, 0) is 16.6 Å². The Balaban J connectivity index is 1.33. The molecule has 3 aliphatic rings. The van der Waals surface area contributed by atoms with E-state index < -0.39 is 16.6 Å². The predicted octanol–water partition coefficient (Wildman–Crippen LogP) is 4.26. The number of methoxy groups -OCH3 is 1. The number of anilines is 1. The van der Waals surface area contributed by atoms with Gasteiger partial charge in [-0.15, -0.1) is 0 Å². The Morgan fingerprint density at radius 2 is 1.96 bits per heavy atom. The summed E-state index contributed by atoms with van der Waals surface area (Å²) in [5, 5.41) is 0.669. The molecule has 0 spiro atoms. The standard InChI is InChI=1S/C31H37F2N7O4S/c1-5-18-10-21-15-38(28(18)26(21)34)30(41)20-12-24-35-27(16(2)39(24)25(13-20)44-3)22-11-19-8-9-23(40(31(32)33)45(4,42)43)36-29(19)37(22)14-17-6-7-17/h8-9,11-13,17-18,21,26,28,31H,5-7,10,14-15,34H2,1-4H3. The number of rotatable bonds is 9. The second-order valence-corrected chi connectivity index (χ2v) is 14.6. The molecule has 2 aliphatic carbocycles. The number of aryl methyl sites for hydroxylation is 1. The Morgan fingerprint density at radius 1 is 1.20 bits per heavy atom. The molecule has 45 heavy (non-hydrogen) atoms. The number of sulfonamides is 1. The second-order valence-electron chi connectivity index (χ2n) is 12.7. The molecule has 1 amide bonds. The van der Waals surface area contributed by atoms with Gasteiger partial charge in [-0.25, -0.2) is 18.4 Å². The summed E-state index contributed by atoms with van der Waals surface area (Å²) in [5.74, 6) is 1.10. The van der Waals surface area contributed by atoms with Crippen molar-refractivity contribution in [3.63, 3.8) is 0 Å². The van der Waals surface area contributed by atoms with Gasteiger partial charge in [-0.05, 0) is 68.2 Å². The van der Waals surface area contributed by atoms with E-state index in [0.29, 0.717) is 70.4 Å². The summed E-state index contributed by atoms with van der Waals surface area (Å²) in [7, 11) is -2.72. The Morgan fingerprint density at radius 3 is 2.58 bits per heavy atom. The number of halogens is 2. The van der Waals surface area contributed by atoms with Crippen molar-refractivity contribution in [3.8, 4) is 17.3 Å². The van der Waals surface area contributed by atoms with E-state index in [1.807, 2.05) is 26.9 Å². The summed E-state index contributed by atoms with van der Waals surface area (Å²) in [6.45, 7) is 1.99. The summed E-state index contributed by atoms with van der Waals surface area (Å²) in [6, 6.07) is 8.30. The number of hydrogen-bond donors (Lipinski definition) is 1. The van der Waals surface area contributed by atoms with Crippen molar-refractivity contribution in [2.24, 2.45) is 23.5 Å². The highest BCUT2D eigenvalue weighted by Crippen LogP contribution is 2.44. The number of amides is 1. The van der Waals surface area contributed by atoms with E-state index >= 15 is 0 Å². The largest absolute Gasteiger partial charge is 0.482 e. The van der Waals surface area contributed by atoms with Crippen LogP contribution in [0.1, 0.15) is 48.7 Å². The molecule has 1 aliphatic heterocycles. The number of nitrogens with zero attached hydrogens (tertiary/aromatic N) is 6. The number of alkyl halides is 2. The van der Waals surface area contributed by atoms with Crippen LogP contribution >= 0.6 is 0 Å². The van der Waals surface area contributed by atoms with Gasteiger partial charge in [0, 0.05) is 36.1 Å². The number of likely N-dealkylation sites (tertiary alicyclic amines) is 1. The molecule has 3 fully saturated rings. The lowest BCUT2D eigenvalue weighted by atomic mass is 9.95. The zero-order valence-corrected chi connectivity index (χ0v) is 26.5. The molecule has 14 heteroatoms. The van der Waals surface area contributed by atoms with Gasteiger partial charge in [-0.2, -0.15) is 13.1 Å². The molecule has 5 heterocycles. The van der Waals surface area contributed by atoms with Crippen LogP contribution in [0.2, 0.25) is 0 Å². The van der Waals surface area contributed by atoms with Gasteiger partial charge in [0.2, 0.25) is 10.0 Å². The summed E-state index contributed by atoms with van der Waals surface area (Å²) >= 11 is 0. The molecular weight excluding hydrogens is 604 g/mol. The minimum Gasteiger partial charge on any atom is -0.482 e. The number of carbonyl (C=O) groups is 1. The lowest BCUT2D eigenvalue weighted by Crippen LogP contribution is -2.45. The fraction of sp³-hybridized carbons (Fsp3) is 0.516. The van der Waals surface area contributed by atoms with E-state index in [9.17, 15) is 22.0 Å². The molecule has 0 radical (unpaired) electrons. The van der Waals surface area contributed by atoms with Gasteiger partial charge in [0.25, 0.3) is 5.91 Å². The van der Waals surface area contributed by atoms with Gasteiger partial charge in [-0.3, -0.25) is 9.20 Å². The third kappa shape index (κ3) is 4.84. The quantitative estimate of drug-likeness (QED) is 0.271. The smallest absolute Gasteiger partial charge is 0.329 e. The zero-order chi connectivity index (χ0) is 31.9. The van der Waals surface area contributed by atoms with Crippen molar-refractivity contribution in [1.82, 2.24) is 23.8 Å². The number of nitrogens with two attached hydrogens (primary N) is 1. The number of fused-ring (bicyclic) bond motifs is 4. The van der Waals surface area contributed by atoms with Gasteiger partial charge in [0.05, 0.1) is 30.8 Å². The summed E-state index contributed by atoms with van der Waals surface area (Å²) in [4.78, 5) is 25.2. The third-order valence-electron chi connectivity index (χ3n) is 9.85. The van der Waals surface area contributed by atoms with Gasteiger partial charge in [0.15, 0.2) is 5.88 Å². The number of pyridine rings is 2. The van der Waals surface area contributed by atoms with Gasteiger partial charge < -0.3 is 19.9 Å². The molecule has 4 aromatic rings. The van der Waals surface area contributed by atoms with Crippen LogP contribution in [0.25, 0.3) is 28.1 Å². The summed E-state index contributed by atoms with van der Waals surface area (Å²) in [5.41, 5.74) is 10.0. The first-order valence-electron chi connectivity index (χ1n) is 15.3. The molecule has 2 bridgehead atoms. The lowest BCUT2D eigenvalue weighted by Gasteiger charge is -2.33. The van der Waals surface area contributed by atoms with Crippen LogP contribution in [0.15, 0.2) is 30.3 Å². The highest BCUT2D eigenvalue weighted by Gasteiger charge is 2.52. The molecule has 7 rings (SSSR count). The first-order valence-corrected chi connectivity index (χ1v) is 17.2. The Kier molecular flexibility index (Phi) is 7.08. The fourth-order valence-electron chi connectivity index (χ4n) is 7.49. The highest BCUT2D eigenvalue weighted by molar-refractivity contribution is 7.92. The Bertz CT molecular complexity index is 1940. The molecule has 2 N–H and O–H groups in total. The van der Waals surface area contributed by atoms with Crippen molar-refractivity contribution in [2.45, 2.75) is 64.7 Å². The van der Waals surface area contributed by atoms with Crippen molar-refractivity contribution in [3.05, 3.63) is 41.6 Å². The van der Waals surface area contributed by atoms with Crippen molar-refractivity contribution < 1.29 is 26.7 Å². The number of piperidine rings is 1.